The quantitative estimate of drug-likeness (QED) is 0.683. The molecule has 1 aliphatic heterocycles. The number of carbonyl (C=O) groups is 1. The molecule has 3 rings (SSSR count). The Hall–Kier alpha value is -2.58. The standard InChI is InChI=1S/C20H24N2O5S/c1-3-26-17-4-6-18(7-5-17)27-13-11-21-28(24,25)19-8-9-20-16(14-19)10-12-22(20)15(2)23/h4-9,14,21H,3,10-13H2,1-2H3. The number of hydrogen-bond acceptors (Lipinski definition) is 5. The second-order valence-corrected chi connectivity index (χ2v) is 8.13. The molecule has 0 radical (unpaired) electrons. The van der Waals surface area contributed by atoms with Crippen molar-refractivity contribution in [2.45, 2.75) is 25.2 Å². The summed E-state index contributed by atoms with van der Waals surface area (Å²) in [6.07, 6.45) is 0.652. The van der Waals surface area contributed by atoms with Gasteiger partial charge in [-0.2, -0.15) is 0 Å². The maximum Gasteiger partial charge on any atom is 0.240 e. The number of sulfonamides is 1. The number of hydrogen-bond donors (Lipinski definition) is 1. The monoisotopic (exact) mass is 404 g/mol. The minimum Gasteiger partial charge on any atom is -0.494 e. The van der Waals surface area contributed by atoms with E-state index in [-0.39, 0.29) is 24.0 Å². The number of rotatable bonds is 8. The molecule has 8 heteroatoms. The molecule has 2 aromatic rings. The average Bonchev–Trinajstić information content (AvgIpc) is 3.10. The van der Waals surface area contributed by atoms with Gasteiger partial charge < -0.3 is 14.4 Å². The van der Waals surface area contributed by atoms with Gasteiger partial charge >= 0.3 is 0 Å². The van der Waals surface area contributed by atoms with Gasteiger partial charge in [0.15, 0.2) is 0 Å². The van der Waals surface area contributed by atoms with Gasteiger partial charge in [0, 0.05) is 25.7 Å². The van der Waals surface area contributed by atoms with Crippen LogP contribution < -0.4 is 19.1 Å². The number of nitrogens with one attached hydrogen (secondary N) is 1. The van der Waals surface area contributed by atoms with E-state index in [4.69, 9.17) is 9.47 Å². The van der Waals surface area contributed by atoms with Crippen molar-refractivity contribution in [3.05, 3.63) is 48.0 Å². The first-order valence-corrected chi connectivity index (χ1v) is 10.7. The maximum atomic E-state index is 12.5. The highest BCUT2D eigenvalue weighted by Crippen LogP contribution is 2.30. The van der Waals surface area contributed by atoms with Crippen LogP contribution in [0, 0.1) is 0 Å². The number of ether oxygens (including phenoxy) is 2. The Morgan fingerprint density at radius 2 is 1.79 bits per heavy atom. The molecular weight excluding hydrogens is 380 g/mol. The topological polar surface area (TPSA) is 84.9 Å². The van der Waals surface area contributed by atoms with Crippen molar-refractivity contribution in [3.63, 3.8) is 0 Å². The zero-order valence-electron chi connectivity index (χ0n) is 16.0. The number of nitrogens with zero attached hydrogens (tertiary/aromatic N) is 1. The highest BCUT2D eigenvalue weighted by Gasteiger charge is 2.24. The van der Waals surface area contributed by atoms with E-state index >= 15 is 0 Å². The minimum atomic E-state index is -3.64. The zero-order valence-corrected chi connectivity index (χ0v) is 16.8. The lowest BCUT2D eigenvalue weighted by Crippen LogP contribution is -2.28. The lowest BCUT2D eigenvalue weighted by Gasteiger charge is -2.15. The molecule has 1 N–H and O–H groups in total. The Labute approximate surface area is 165 Å². The van der Waals surface area contributed by atoms with Crippen LogP contribution in [-0.2, 0) is 21.2 Å². The lowest BCUT2D eigenvalue weighted by molar-refractivity contribution is -0.116. The van der Waals surface area contributed by atoms with Gasteiger partial charge in [-0.1, -0.05) is 0 Å². The zero-order chi connectivity index (χ0) is 20.1. The summed E-state index contributed by atoms with van der Waals surface area (Å²) < 4.78 is 38.5. The summed E-state index contributed by atoms with van der Waals surface area (Å²) in [6.45, 7) is 4.94. The second-order valence-electron chi connectivity index (χ2n) is 6.36. The maximum absolute atomic E-state index is 12.5. The van der Waals surface area contributed by atoms with E-state index in [0.29, 0.717) is 25.3 Å². The number of fused-ring (bicyclic) bond motifs is 1. The van der Waals surface area contributed by atoms with Gasteiger partial charge in [-0.25, -0.2) is 13.1 Å². The van der Waals surface area contributed by atoms with E-state index in [2.05, 4.69) is 4.72 Å². The van der Waals surface area contributed by atoms with Crippen molar-refractivity contribution < 1.29 is 22.7 Å². The molecule has 1 amide bonds. The fourth-order valence-electron chi connectivity index (χ4n) is 3.10. The van der Waals surface area contributed by atoms with Gasteiger partial charge in [0.1, 0.15) is 18.1 Å². The van der Waals surface area contributed by atoms with E-state index in [1.807, 2.05) is 6.92 Å². The van der Waals surface area contributed by atoms with Crippen LogP contribution in [0.4, 0.5) is 5.69 Å². The van der Waals surface area contributed by atoms with E-state index < -0.39 is 10.0 Å². The van der Waals surface area contributed by atoms with Gasteiger partial charge in [-0.15, -0.1) is 0 Å². The molecule has 7 nitrogen and oxygen atoms in total. The van der Waals surface area contributed by atoms with E-state index in [1.165, 1.54) is 13.0 Å². The predicted octanol–water partition coefficient (Wildman–Crippen LogP) is 2.35. The highest BCUT2D eigenvalue weighted by atomic mass is 32.2. The van der Waals surface area contributed by atoms with Gasteiger partial charge in [0.25, 0.3) is 0 Å². The molecule has 0 spiro atoms. The first-order valence-electron chi connectivity index (χ1n) is 9.17. The highest BCUT2D eigenvalue weighted by molar-refractivity contribution is 7.89. The molecule has 0 bridgehead atoms. The third-order valence-electron chi connectivity index (χ3n) is 4.43. The molecule has 0 unspecified atom stereocenters. The first kappa shape index (κ1) is 20.2. The molecule has 0 fully saturated rings. The SMILES string of the molecule is CCOc1ccc(OCCNS(=O)(=O)c2ccc3c(c2)CCN3C(C)=O)cc1. The summed E-state index contributed by atoms with van der Waals surface area (Å²) in [7, 11) is -3.64. The summed E-state index contributed by atoms with van der Waals surface area (Å²) in [5.41, 5.74) is 1.65. The van der Waals surface area contributed by atoms with Gasteiger partial charge in [-0.05, 0) is 61.4 Å². The van der Waals surface area contributed by atoms with E-state index in [0.717, 1.165) is 17.0 Å². The minimum absolute atomic E-state index is 0.0427. The normalized spacial score (nSPS) is 13.3. The van der Waals surface area contributed by atoms with E-state index in [1.54, 1.807) is 41.3 Å². The van der Waals surface area contributed by atoms with Crippen LogP contribution in [0.1, 0.15) is 19.4 Å². The number of amides is 1. The molecule has 0 aliphatic carbocycles. The Bertz CT molecular complexity index is 942. The van der Waals surface area contributed by atoms with Gasteiger partial charge in [0.05, 0.1) is 11.5 Å². The van der Waals surface area contributed by atoms with Crippen LogP contribution in [0.25, 0.3) is 0 Å². The fraction of sp³-hybridized carbons (Fsp3) is 0.350. The van der Waals surface area contributed by atoms with Gasteiger partial charge in [0.2, 0.25) is 15.9 Å². The van der Waals surface area contributed by atoms with Crippen molar-refractivity contribution in [2.24, 2.45) is 0 Å². The Morgan fingerprint density at radius 1 is 1.11 bits per heavy atom. The number of anilines is 1. The molecule has 2 aromatic carbocycles. The molecular formula is C20H24N2O5S. The predicted molar refractivity (Wildman–Crippen MR) is 106 cm³/mol. The molecule has 0 atom stereocenters. The lowest BCUT2D eigenvalue weighted by atomic mass is 10.2. The summed E-state index contributed by atoms with van der Waals surface area (Å²) >= 11 is 0. The van der Waals surface area contributed by atoms with Crippen molar-refractivity contribution in [1.82, 2.24) is 4.72 Å². The number of carbonyl (C=O) groups excluding carboxylic acids is 1. The smallest absolute Gasteiger partial charge is 0.240 e. The Balaban J connectivity index is 1.55. The average molecular weight is 404 g/mol. The third kappa shape index (κ3) is 4.63. The fourth-order valence-corrected chi connectivity index (χ4v) is 4.16. The summed E-state index contributed by atoms with van der Waals surface area (Å²) in [4.78, 5) is 13.5. The summed E-state index contributed by atoms with van der Waals surface area (Å²) in [5.74, 6) is 1.36. The molecule has 0 aromatic heterocycles. The third-order valence-corrected chi connectivity index (χ3v) is 5.89. The summed E-state index contributed by atoms with van der Waals surface area (Å²) in [6, 6.07) is 12.0. The molecule has 0 saturated heterocycles. The molecule has 1 aliphatic rings. The molecule has 1 heterocycles. The Morgan fingerprint density at radius 3 is 2.43 bits per heavy atom. The van der Waals surface area contributed by atoms with Crippen LogP contribution in [-0.4, -0.2) is 40.6 Å². The van der Waals surface area contributed by atoms with E-state index in [9.17, 15) is 13.2 Å². The van der Waals surface area contributed by atoms with Crippen molar-refractivity contribution in [1.29, 1.82) is 0 Å². The number of benzene rings is 2. The van der Waals surface area contributed by atoms with Crippen LogP contribution in [0.3, 0.4) is 0 Å². The second kappa shape index (κ2) is 8.62. The van der Waals surface area contributed by atoms with Crippen LogP contribution in [0.15, 0.2) is 47.4 Å². The van der Waals surface area contributed by atoms with Crippen molar-refractivity contribution in [3.8, 4) is 11.5 Å². The molecule has 28 heavy (non-hydrogen) atoms. The first-order chi connectivity index (χ1) is 13.4. The van der Waals surface area contributed by atoms with Crippen molar-refractivity contribution in [2.75, 3.05) is 31.2 Å². The van der Waals surface area contributed by atoms with Crippen LogP contribution in [0.5, 0.6) is 11.5 Å². The summed E-state index contributed by atoms with van der Waals surface area (Å²) in [5, 5.41) is 0. The largest absolute Gasteiger partial charge is 0.494 e. The van der Waals surface area contributed by atoms with Crippen LogP contribution >= 0.6 is 0 Å². The molecule has 0 saturated carbocycles. The molecule has 150 valence electrons. The van der Waals surface area contributed by atoms with Crippen LogP contribution in [0.2, 0.25) is 0 Å². The van der Waals surface area contributed by atoms with Gasteiger partial charge in [-0.3, -0.25) is 4.79 Å². The Kier molecular flexibility index (Phi) is 6.21. The van der Waals surface area contributed by atoms with Crippen molar-refractivity contribution >= 4 is 21.6 Å².